The van der Waals surface area contributed by atoms with Crippen LogP contribution < -0.4 is 16.0 Å². The number of nitrogens with one attached hydrogen (secondary N) is 1. The molecule has 5 nitrogen and oxygen atoms in total. The Morgan fingerprint density at radius 2 is 2.05 bits per heavy atom. The van der Waals surface area contributed by atoms with E-state index in [0.29, 0.717) is 17.8 Å². The Balaban J connectivity index is 2.23. The Labute approximate surface area is 118 Å². The molecular formula is C15H18N4O. The van der Waals surface area contributed by atoms with Gasteiger partial charge in [0, 0.05) is 32.4 Å². The molecule has 1 aromatic carbocycles. The first-order valence-corrected chi connectivity index (χ1v) is 6.34. The lowest BCUT2D eigenvalue weighted by Gasteiger charge is -2.17. The maximum Gasteiger partial charge on any atom is 0.255 e. The summed E-state index contributed by atoms with van der Waals surface area (Å²) in [6.07, 6.45) is 1.59. The fraction of sp³-hybridized carbons (Fsp3) is 0.200. The fourth-order valence-corrected chi connectivity index (χ4v) is 1.89. The number of anilines is 2. The second-order valence-electron chi connectivity index (χ2n) is 4.61. The number of hydrogen-bond donors (Lipinski definition) is 2. The first kappa shape index (κ1) is 14.0. The van der Waals surface area contributed by atoms with Crippen LogP contribution in [0.2, 0.25) is 0 Å². The van der Waals surface area contributed by atoms with E-state index >= 15 is 0 Å². The molecule has 0 aliphatic heterocycles. The smallest absolute Gasteiger partial charge is 0.255 e. The molecule has 0 bridgehead atoms. The summed E-state index contributed by atoms with van der Waals surface area (Å²) in [5.41, 5.74) is 8.50. The molecule has 1 amide bonds. The third-order valence-corrected chi connectivity index (χ3v) is 2.92. The summed E-state index contributed by atoms with van der Waals surface area (Å²) in [6, 6.07) is 11.0. The molecule has 2 rings (SSSR count). The van der Waals surface area contributed by atoms with E-state index in [4.69, 9.17) is 5.73 Å². The van der Waals surface area contributed by atoms with Gasteiger partial charge >= 0.3 is 0 Å². The molecule has 20 heavy (non-hydrogen) atoms. The van der Waals surface area contributed by atoms with E-state index in [2.05, 4.69) is 10.3 Å². The zero-order valence-electron chi connectivity index (χ0n) is 11.6. The lowest BCUT2D eigenvalue weighted by Crippen LogP contribution is -2.17. The summed E-state index contributed by atoms with van der Waals surface area (Å²) < 4.78 is 0. The highest BCUT2D eigenvalue weighted by molar-refractivity contribution is 6.05. The number of pyridine rings is 1. The third kappa shape index (κ3) is 3.13. The minimum atomic E-state index is -0.170. The molecule has 0 fully saturated rings. The Hall–Kier alpha value is -2.40. The minimum absolute atomic E-state index is 0.170. The van der Waals surface area contributed by atoms with Gasteiger partial charge in [-0.15, -0.1) is 0 Å². The third-order valence-electron chi connectivity index (χ3n) is 2.92. The predicted octanol–water partition coefficient (Wildman–Crippen LogP) is 1.86. The van der Waals surface area contributed by atoms with Crippen molar-refractivity contribution in [2.75, 3.05) is 24.3 Å². The first-order chi connectivity index (χ1) is 9.61. The number of amides is 1. The first-order valence-electron chi connectivity index (χ1n) is 6.34. The molecule has 0 atom stereocenters. The van der Waals surface area contributed by atoms with Gasteiger partial charge in [0.05, 0.1) is 17.1 Å². The summed E-state index contributed by atoms with van der Waals surface area (Å²) in [5, 5.41) is 2.91. The van der Waals surface area contributed by atoms with Crippen molar-refractivity contribution < 1.29 is 4.79 Å². The van der Waals surface area contributed by atoms with Gasteiger partial charge in [-0.25, -0.2) is 0 Å². The van der Waals surface area contributed by atoms with E-state index in [-0.39, 0.29) is 5.91 Å². The molecule has 0 unspecified atom stereocenters. The van der Waals surface area contributed by atoms with Crippen LogP contribution in [0.25, 0.3) is 0 Å². The van der Waals surface area contributed by atoms with E-state index in [1.165, 1.54) is 0 Å². The average molecular weight is 270 g/mol. The van der Waals surface area contributed by atoms with Crippen LogP contribution in [0.15, 0.2) is 42.6 Å². The number of benzene rings is 1. The highest BCUT2D eigenvalue weighted by Gasteiger charge is 2.10. The molecule has 0 aliphatic carbocycles. The van der Waals surface area contributed by atoms with Gasteiger partial charge in [-0.1, -0.05) is 12.1 Å². The molecule has 104 valence electrons. The molecule has 2 aromatic rings. The number of nitrogens with zero attached hydrogens (tertiary/aromatic N) is 2. The number of para-hydroxylation sites is 2. The zero-order chi connectivity index (χ0) is 14.5. The van der Waals surface area contributed by atoms with Gasteiger partial charge in [-0.2, -0.15) is 0 Å². The van der Waals surface area contributed by atoms with Gasteiger partial charge in [0.2, 0.25) is 0 Å². The second-order valence-corrected chi connectivity index (χ2v) is 4.61. The summed E-state index contributed by atoms with van der Waals surface area (Å²) in [7, 11) is 3.87. The lowest BCUT2D eigenvalue weighted by atomic mass is 10.2. The van der Waals surface area contributed by atoms with Gasteiger partial charge in [0.1, 0.15) is 0 Å². The van der Waals surface area contributed by atoms with Crippen molar-refractivity contribution >= 4 is 17.3 Å². The van der Waals surface area contributed by atoms with Crippen molar-refractivity contribution in [3.63, 3.8) is 0 Å². The maximum atomic E-state index is 12.3. The van der Waals surface area contributed by atoms with Crippen LogP contribution in [-0.4, -0.2) is 25.0 Å². The molecule has 3 N–H and O–H groups in total. The topological polar surface area (TPSA) is 71.2 Å². The maximum absolute atomic E-state index is 12.3. The number of carbonyl (C=O) groups excluding carboxylic acids is 1. The van der Waals surface area contributed by atoms with Gasteiger partial charge in [0.25, 0.3) is 5.91 Å². The van der Waals surface area contributed by atoms with E-state index in [1.54, 1.807) is 18.3 Å². The molecule has 0 radical (unpaired) electrons. The zero-order valence-corrected chi connectivity index (χ0v) is 11.6. The van der Waals surface area contributed by atoms with Crippen molar-refractivity contribution in [3.8, 4) is 0 Å². The van der Waals surface area contributed by atoms with Gasteiger partial charge in [0.15, 0.2) is 0 Å². The number of nitrogens with two attached hydrogens (primary N) is 1. The molecule has 0 saturated carbocycles. The fourth-order valence-electron chi connectivity index (χ4n) is 1.89. The van der Waals surface area contributed by atoms with Crippen LogP contribution in [0.4, 0.5) is 11.4 Å². The number of rotatable bonds is 4. The Morgan fingerprint density at radius 1 is 1.30 bits per heavy atom. The molecule has 5 heteroatoms. The summed E-state index contributed by atoms with van der Waals surface area (Å²) in [6.45, 7) is 0.315. The van der Waals surface area contributed by atoms with Gasteiger partial charge in [-0.05, 0) is 24.3 Å². The standard InChI is InChI=1S/C15H18N4O/c1-19(2)14-6-4-3-5-13(14)18-15(20)11-7-8-17-12(9-11)10-16/h3-9H,10,16H2,1-2H3,(H,18,20). The van der Waals surface area contributed by atoms with Crippen molar-refractivity contribution in [2.45, 2.75) is 6.54 Å². The molecule has 1 heterocycles. The molecule has 0 saturated heterocycles. The quantitative estimate of drug-likeness (QED) is 0.889. The highest BCUT2D eigenvalue weighted by Crippen LogP contribution is 2.23. The normalized spacial score (nSPS) is 10.2. The number of carbonyl (C=O) groups is 1. The van der Waals surface area contributed by atoms with Crippen LogP contribution in [0.1, 0.15) is 16.1 Å². The predicted molar refractivity (Wildman–Crippen MR) is 80.9 cm³/mol. The minimum Gasteiger partial charge on any atom is -0.376 e. The largest absolute Gasteiger partial charge is 0.376 e. The monoisotopic (exact) mass is 270 g/mol. The van der Waals surface area contributed by atoms with Crippen LogP contribution in [0.3, 0.4) is 0 Å². The summed E-state index contributed by atoms with van der Waals surface area (Å²) >= 11 is 0. The van der Waals surface area contributed by atoms with Crippen molar-refractivity contribution in [2.24, 2.45) is 5.73 Å². The second kappa shape index (κ2) is 6.16. The van der Waals surface area contributed by atoms with Crippen LogP contribution in [-0.2, 0) is 6.54 Å². The number of hydrogen-bond acceptors (Lipinski definition) is 4. The SMILES string of the molecule is CN(C)c1ccccc1NC(=O)c1ccnc(CN)c1. The van der Waals surface area contributed by atoms with E-state index < -0.39 is 0 Å². The molecule has 1 aromatic heterocycles. The van der Waals surface area contributed by atoms with E-state index in [9.17, 15) is 4.79 Å². The van der Waals surface area contributed by atoms with Crippen LogP contribution >= 0.6 is 0 Å². The molecule has 0 spiro atoms. The van der Waals surface area contributed by atoms with E-state index in [1.807, 2.05) is 43.3 Å². The van der Waals surface area contributed by atoms with Crippen molar-refractivity contribution in [1.29, 1.82) is 0 Å². The Morgan fingerprint density at radius 3 is 2.75 bits per heavy atom. The highest BCUT2D eigenvalue weighted by atomic mass is 16.1. The van der Waals surface area contributed by atoms with Gasteiger partial charge < -0.3 is 16.0 Å². The van der Waals surface area contributed by atoms with Crippen molar-refractivity contribution in [1.82, 2.24) is 4.98 Å². The molecular weight excluding hydrogens is 252 g/mol. The van der Waals surface area contributed by atoms with E-state index in [0.717, 1.165) is 11.4 Å². The van der Waals surface area contributed by atoms with Crippen LogP contribution in [0.5, 0.6) is 0 Å². The summed E-state index contributed by atoms with van der Waals surface area (Å²) in [5.74, 6) is -0.170. The lowest BCUT2D eigenvalue weighted by molar-refractivity contribution is 0.102. The number of aromatic nitrogens is 1. The Bertz CT molecular complexity index is 610. The average Bonchev–Trinajstić information content (AvgIpc) is 2.47. The van der Waals surface area contributed by atoms with Crippen LogP contribution in [0, 0.1) is 0 Å². The van der Waals surface area contributed by atoms with Crippen molar-refractivity contribution in [3.05, 3.63) is 53.9 Å². The molecule has 0 aliphatic rings. The summed E-state index contributed by atoms with van der Waals surface area (Å²) in [4.78, 5) is 18.3. The van der Waals surface area contributed by atoms with Gasteiger partial charge in [-0.3, -0.25) is 9.78 Å². The Kier molecular flexibility index (Phi) is 4.32.